The molecule has 2 aromatic heterocycles. The summed E-state index contributed by atoms with van der Waals surface area (Å²) in [5.74, 6) is 1.17. The number of nitrogens with zero attached hydrogens (tertiary/aromatic N) is 3. The van der Waals surface area contributed by atoms with Crippen LogP contribution in [0.15, 0.2) is 60.9 Å². The van der Waals surface area contributed by atoms with Gasteiger partial charge in [0.25, 0.3) is 5.91 Å². The molecule has 0 saturated heterocycles. The summed E-state index contributed by atoms with van der Waals surface area (Å²) >= 11 is 1.47. The van der Waals surface area contributed by atoms with Gasteiger partial charge in [0.1, 0.15) is 17.0 Å². The molecular weight excluding hydrogens is 410 g/mol. The maximum Gasteiger partial charge on any atom is 0.267 e. The summed E-state index contributed by atoms with van der Waals surface area (Å²) in [7, 11) is 1.62. The molecule has 158 valence electrons. The van der Waals surface area contributed by atoms with Gasteiger partial charge in [0.2, 0.25) is 0 Å². The number of benzene rings is 2. The van der Waals surface area contributed by atoms with Crippen LogP contribution in [0, 0.1) is 13.8 Å². The van der Waals surface area contributed by atoms with Gasteiger partial charge in [-0.15, -0.1) is 0 Å². The number of methoxy groups -OCH3 is 1. The molecule has 0 atom stereocenters. The minimum Gasteiger partial charge on any atom is -0.494 e. The maximum atomic E-state index is 13.2. The Kier molecular flexibility index (Phi) is 6.13. The Morgan fingerprint density at radius 1 is 1.13 bits per heavy atom. The van der Waals surface area contributed by atoms with E-state index in [0.717, 1.165) is 26.9 Å². The van der Waals surface area contributed by atoms with Crippen LogP contribution in [0.25, 0.3) is 10.2 Å². The van der Waals surface area contributed by atoms with Crippen LogP contribution in [0.2, 0.25) is 0 Å². The lowest BCUT2D eigenvalue weighted by Crippen LogP contribution is -2.34. The molecule has 0 bridgehead atoms. The van der Waals surface area contributed by atoms with E-state index in [2.05, 4.69) is 4.98 Å². The largest absolute Gasteiger partial charge is 0.494 e. The summed E-state index contributed by atoms with van der Waals surface area (Å²) in [4.78, 5) is 23.8. The van der Waals surface area contributed by atoms with Crippen LogP contribution in [0.1, 0.15) is 16.7 Å². The molecule has 0 radical (unpaired) electrons. The van der Waals surface area contributed by atoms with Crippen molar-refractivity contribution < 1.29 is 14.3 Å². The average molecular weight is 434 g/mol. The zero-order chi connectivity index (χ0) is 21.8. The molecule has 6 nitrogen and oxygen atoms in total. The van der Waals surface area contributed by atoms with Gasteiger partial charge in [-0.2, -0.15) is 0 Å². The van der Waals surface area contributed by atoms with Crippen molar-refractivity contribution in [2.45, 2.75) is 20.4 Å². The second kappa shape index (κ2) is 9.14. The molecule has 7 heteroatoms. The van der Waals surface area contributed by atoms with Crippen molar-refractivity contribution in [3.05, 3.63) is 77.6 Å². The molecule has 0 fully saturated rings. The number of carbonyl (C=O) groups excluding carboxylic acids is 1. The number of aryl methyl sites for hydroxylation is 2. The Balaban J connectivity index is 1.66. The number of aromatic nitrogens is 2. The number of pyridine rings is 1. The number of rotatable bonds is 7. The van der Waals surface area contributed by atoms with Gasteiger partial charge in [0.15, 0.2) is 11.7 Å². The summed E-state index contributed by atoms with van der Waals surface area (Å²) in [5, 5.41) is 0.601. The van der Waals surface area contributed by atoms with Crippen molar-refractivity contribution in [1.29, 1.82) is 0 Å². The summed E-state index contributed by atoms with van der Waals surface area (Å²) in [5.41, 5.74) is 3.83. The van der Waals surface area contributed by atoms with Gasteiger partial charge in [-0.05, 0) is 54.8 Å². The Morgan fingerprint density at radius 2 is 2.00 bits per heavy atom. The number of amides is 1. The van der Waals surface area contributed by atoms with Gasteiger partial charge in [-0.1, -0.05) is 35.6 Å². The number of hydrogen-bond donors (Lipinski definition) is 0. The van der Waals surface area contributed by atoms with E-state index in [1.165, 1.54) is 11.3 Å². The third kappa shape index (κ3) is 4.67. The lowest BCUT2D eigenvalue weighted by Gasteiger charge is -2.20. The number of ether oxygens (including phenoxy) is 2. The molecule has 0 unspecified atom stereocenters. The molecule has 1 amide bonds. The molecule has 0 spiro atoms. The molecule has 2 heterocycles. The monoisotopic (exact) mass is 433 g/mol. The highest BCUT2D eigenvalue weighted by atomic mass is 32.1. The SMILES string of the molecule is COc1ccc(C)c2sc(N(Cc3cccnc3)C(=O)COc3cccc(C)c3)nc12. The van der Waals surface area contributed by atoms with Gasteiger partial charge in [-0.3, -0.25) is 14.7 Å². The lowest BCUT2D eigenvalue weighted by atomic mass is 10.2. The summed E-state index contributed by atoms with van der Waals surface area (Å²) in [6.07, 6.45) is 3.46. The van der Waals surface area contributed by atoms with Crippen LogP contribution in [0.4, 0.5) is 5.13 Å². The summed E-state index contributed by atoms with van der Waals surface area (Å²) in [6, 6.07) is 15.3. The first-order valence-corrected chi connectivity index (χ1v) is 10.7. The maximum absolute atomic E-state index is 13.2. The minimum atomic E-state index is -0.180. The highest BCUT2D eigenvalue weighted by molar-refractivity contribution is 7.22. The molecule has 4 aromatic rings. The van der Waals surface area contributed by atoms with Gasteiger partial charge >= 0.3 is 0 Å². The predicted octanol–water partition coefficient (Wildman–Crippen LogP) is 4.93. The minimum absolute atomic E-state index is 0.0875. The lowest BCUT2D eigenvalue weighted by molar-refractivity contribution is -0.120. The smallest absolute Gasteiger partial charge is 0.267 e. The topological polar surface area (TPSA) is 64.5 Å². The van der Waals surface area contributed by atoms with E-state index in [1.54, 1.807) is 24.4 Å². The van der Waals surface area contributed by atoms with E-state index in [-0.39, 0.29) is 12.5 Å². The van der Waals surface area contributed by atoms with Crippen LogP contribution in [0.3, 0.4) is 0 Å². The number of anilines is 1. The van der Waals surface area contributed by atoms with Crippen molar-refractivity contribution in [1.82, 2.24) is 9.97 Å². The number of hydrogen-bond acceptors (Lipinski definition) is 6. The van der Waals surface area contributed by atoms with Crippen LogP contribution in [-0.4, -0.2) is 29.6 Å². The Morgan fingerprint density at radius 3 is 2.74 bits per heavy atom. The molecule has 31 heavy (non-hydrogen) atoms. The van der Waals surface area contributed by atoms with E-state index >= 15 is 0 Å². The normalized spacial score (nSPS) is 10.8. The van der Waals surface area contributed by atoms with E-state index in [1.807, 2.05) is 62.4 Å². The number of fused-ring (bicyclic) bond motifs is 1. The fourth-order valence-corrected chi connectivity index (χ4v) is 4.31. The first-order valence-electron chi connectivity index (χ1n) is 9.88. The van der Waals surface area contributed by atoms with E-state index in [9.17, 15) is 4.79 Å². The second-order valence-corrected chi connectivity index (χ2v) is 8.18. The quantitative estimate of drug-likeness (QED) is 0.414. The van der Waals surface area contributed by atoms with Crippen molar-refractivity contribution in [2.75, 3.05) is 18.6 Å². The van der Waals surface area contributed by atoms with E-state index in [4.69, 9.17) is 14.5 Å². The fraction of sp³-hybridized carbons (Fsp3) is 0.208. The van der Waals surface area contributed by atoms with Gasteiger partial charge < -0.3 is 9.47 Å². The first-order chi connectivity index (χ1) is 15.0. The highest BCUT2D eigenvalue weighted by Gasteiger charge is 2.22. The van der Waals surface area contributed by atoms with Crippen LogP contribution in [-0.2, 0) is 11.3 Å². The van der Waals surface area contributed by atoms with Crippen molar-refractivity contribution >= 4 is 32.6 Å². The van der Waals surface area contributed by atoms with Crippen LogP contribution in [0.5, 0.6) is 11.5 Å². The first kappa shape index (κ1) is 20.8. The molecule has 0 aliphatic carbocycles. The third-order valence-electron chi connectivity index (χ3n) is 4.86. The van der Waals surface area contributed by atoms with Gasteiger partial charge in [-0.25, -0.2) is 4.98 Å². The van der Waals surface area contributed by atoms with E-state index < -0.39 is 0 Å². The highest BCUT2D eigenvalue weighted by Crippen LogP contribution is 2.37. The molecular formula is C24H23N3O3S. The molecule has 0 aliphatic rings. The molecule has 0 N–H and O–H groups in total. The van der Waals surface area contributed by atoms with Crippen molar-refractivity contribution in [3.63, 3.8) is 0 Å². The molecule has 0 aliphatic heterocycles. The van der Waals surface area contributed by atoms with Crippen molar-refractivity contribution in [3.8, 4) is 11.5 Å². The third-order valence-corrected chi connectivity index (χ3v) is 6.07. The van der Waals surface area contributed by atoms with Crippen molar-refractivity contribution in [2.24, 2.45) is 0 Å². The van der Waals surface area contributed by atoms with Gasteiger partial charge in [0.05, 0.1) is 18.4 Å². The standard InChI is InChI=1S/C24H23N3O3S/c1-16-6-4-8-19(12-16)30-15-21(28)27(14-18-7-5-11-25-13-18)24-26-22-20(29-3)10-9-17(2)23(22)31-24/h4-13H,14-15H2,1-3H3. The molecule has 0 saturated carbocycles. The summed E-state index contributed by atoms with van der Waals surface area (Å²) < 4.78 is 12.3. The Hall–Kier alpha value is -3.45. The average Bonchev–Trinajstić information content (AvgIpc) is 3.23. The van der Waals surface area contributed by atoms with E-state index in [0.29, 0.717) is 23.2 Å². The van der Waals surface area contributed by atoms with Crippen LogP contribution < -0.4 is 14.4 Å². The fourth-order valence-electron chi connectivity index (χ4n) is 3.24. The predicted molar refractivity (Wildman–Crippen MR) is 123 cm³/mol. The molecule has 2 aromatic carbocycles. The van der Waals surface area contributed by atoms with Gasteiger partial charge in [0, 0.05) is 12.4 Å². The zero-order valence-corrected chi connectivity index (χ0v) is 18.5. The van der Waals surface area contributed by atoms with Crippen LogP contribution >= 0.6 is 11.3 Å². The second-order valence-electron chi connectivity index (χ2n) is 7.21. The number of carbonyl (C=O) groups is 1. The Bertz CT molecular complexity index is 1210. The number of thiazole rings is 1. The Labute approximate surface area is 185 Å². The summed E-state index contributed by atoms with van der Waals surface area (Å²) in [6.45, 7) is 4.28. The molecule has 4 rings (SSSR count). The zero-order valence-electron chi connectivity index (χ0n) is 17.7.